The van der Waals surface area contributed by atoms with Crippen molar-refractivity contribution >= 4 is 5.57 Å². The molecule has 0 aliphatic heterocycles. The van der Waals surface area contributed by atoms with Gasteiger partial charge in [-0.2, -0.15) is 4.39 Å². The van der Waals surface area contributed by atoms with Crippen LogP contribution in [-0.4, -0.2) is 18.3 Å². The second kappa shape index (κ2) is 14.1. The van der Waals surface area contributed by atoms with Crippen LogP contribution in [0.1, 0.15) is 36.8 Å². The van der Waals surface area contributed by atoms with E-state index in [0.29, 0.717) is 36.8 Å². The topological polar surface area (TPSA) is 29.5 Å². The van der Waals surface area contributed by atoms with Crippen LogP contribution in [0.2, 0.25) is 0 Å². The molecule has 0 bridgehead atoms. The Morgan fingerprint density at radius 3 is 2.29 bits per heavy atom. The largest absolute Gasteiger partial charge is 0.494 e. The van der Waals surface area contributed by atoms with Crippen LogP contribution in [0.4, 0.5) is 17.6 Å². The number of hydrogen-bond donors (Lipinski definition) is 1. The number of ether oxygens (including phenoxy) is 1. The first-order valence-corrected chi connectivity index (χ1v) is 10.9. The van der Waals surface area contributed by atoms with Crippen molar-refractivity contribution in [2.75, 3.05) is 7.11 Å². The van der Waals surface area contributed by atoms with E-state index in [2.05, 4.69) is 44.2 Å². The van der Waals surface area contributed by atoms with Crippen molar-refractivity contribution in [2.45, 2.75) is 38.2 Å². The standard InChI is InChI=1S/C27H28F4O2.C2H4/c1-16(6-8-17(2)18(3)24(28)25(29)19(4)33-5)7-9-21-12-15-23(27(31)26(21)30)20-10-13-22(32)14-11-20;1-2/h6,8,10,12,15,22,32H,1-4,7,9,11,13-14H2,5H3;1-2H2/b8-6-,25-24-;. The van der Waals surface area contributed by atoms with Gasteiger partial charge in [-0.15, -0.1) is 13.2 Å². The van der Waals surface area contributed by atoms with Crippen molar-refractivity contribution < 1.29 is 27.4 Å². The molecule has 2 rings (SSSR count). The molecule has 188 valence electrons. The van der Waals surface area contributed by atoms with Crippen molar-refractivity contribution in [1.82, 2.24) is 0 Å². The fourth-order valence-electron chi connectivity index (χ4n) is 3.28. The molecule has 0 fully saturated rings. The monoisotopic (exact) mass is 488 g/mol. The molecule has 6 heteroatoms. The first-order valence-electron chi connectivity index (χ1n) is 10.9. The number of halogens is 4. The van der Waals surface area contributed by atoms with E-state index < -0.39 is 35.2 Å². The number of hydrogen-bond acceptors (Lipinski definition) is 2. The van der Waals surface area contributed by atoms with Gasteiger partial charge in [-0.25, -0.2) is 13.2 Å². The Labute approximate surface area is 205 Å². The SMILES string of the molecule is C=C.C=C(/C=C\C(=C)C(=C)/C(F)=C(/F)C(=C)OC)CCc1ccc(C2=CCC(O)CC2)c(F)c1F. The third-order valence-electron chi connectivity index (χ3n) is 5.46. The lowest BCUT2D eigenvalue weighted by atomic mass is 9.90. The maximum absolute atomic E-state index is 14.6. The van der Waals surface area contributed by atoms with Crippen molar-refractivity contribution in [1.29, 1.82) is 0 Å². The molecule has 35 heavy (non-hydrogen) atoms. The zero-order chi connectivity index (χ0) is 26.7. The van der Waals surface area contributed by atoms with Gasteiger partial charge in [0.05, 0.1) is 13.2 Å². The van der Waals surface area contributed by atoms with E-state index in [4.69, 9.17) is 0 Å². The number of allylic oxidation sites excluding steroid dienone is 8. The summed E-state index contributed by atoms with van der Waals surface area (Å²) in [6.07, 6.45) is 6.20. The number of methoxy groups -OCH3 is 1. The maximum Gasteiger partial charge on any atom is 0.200 e. The zero-order valence-corrected chi connectivity index (χ0v) is 20.1. The predicted molar refractivity (Wildman–Crippen MR) is 136 cm³/mol. The molecule has 0 amide bonds. The molecule has 1 aliphatic rings. The van der Waals surface area contributed by atoms with Crippen molar-refractivity contribution in [2.24, 2.45) is 0 Å². The smallest absolute Gasteiger partial charge is 0.200 e. The average Bonchev–Trinajstić information content (AvgIpc) is 2.88. The molecule has 2 nitrogen and oxygen atoms in total. The quantitative estimate of drug-likeness (QED) is 0.156. The molecule has 1 unspecified atom stereocenters. The molecule has 0 saturated heterocycles. The van der Waals surface area contributed by atoms with Crippen LogP contribution in [-0.2, 0) is 11.2 Å². The molecule has 0 saturated carbocycles. The first-order chi connectivity index (χ1) is 16.6. The summed E-state index contributed by atoms with van der Waals surface area (Å²) < 4.78 is 61.7. The lowest BCUT2D eigenvalue weighted by Crippen LogP contribution is -2.11. The molecule has 1 N–H and O–H groups in total. The van der Waals surface area contributed by atoms with Crippen LogP contribution < -0.4 is 0 Å². The van der Waals surface area contributed by atoms with Gasteiger partial charge >= 0.3 is 0 Å². The summed E-state index contributed by atoms with van der Waals surface area (Å²) in [5.74, 6) is -4.77. The molecule has 1 atom stereocenters. The first kappa shape index (κ1) is 29.7. The van der Waals surface area contributed by atoms with Crippen LogP contribution in [0.5, 0.6) is 0 Å². The molecule has 0 aromatic heterocycles. The fourth-order valence-corrected chi connectivity index (χ4v) is 3.28. The highest BCUT2D eigenvalue weighted by molar-refractivity contribution is 5.67. The van der Waals surface area contributed by atoms with Gasteiger partial charge in [0, 0.05) is 11.1 Å². The van der Waals surface area contributed by atoms with Crippen LogP contribution in [0.25, 0.3) is 5.57 Å². The summed E-state index contributed by atoms with van der Waals surface area (Å²) in [6, 6.07) is 3.10. The average molecular weight is 489 g/mol. The Balaban J connectivity index is 0.00000298. The Morgan fingerprint density at radius 1 is 1.06 bits per heavy atom. The lowest BCUT2D eigenvalue weighted by molar-refractivity contribution is 0.166. The van der Waals surface area contributed by atoms with E-state index in [9.17, 15) is 22.7 Å². The van der Waals surface area contributed by atoms with E-state index >= 15 is 0 Å². The molecule has 1 aromatic carbocycles. The Bertz CT molecular complexity index is 1080. The third-order valence-corrected chi connectivity index (χ3v) is 5.46. The lowest BCUT2D eigenvalue weighted by Gasteiger charge is -2.18. The summed E-state index contributed by atoms with van der Waals surface area (Å²) >= 11 is 0. The third kappa shape index (κ3) is 8.11. The molecular formula is C29H32F4O2. The maximum atomic E-state index is 14.6. The second-order valence-electron chi connectivity index (χ2n) is 7.81. The highest BCUT2D eigenvalue weighted by Gasteiger charge is 2.19. The molecule has 0 radical (unpaired) electrons. The number of rotatable bonds is 10. The minimum Gasteiger partial charge on any atom is -0.494 e. The summed E-state index contributed by atoms with van der Waals surface area (Å²) in [4.78, 5) is 0. The van der Waals surface area contributed by atoms with Crippen LogP contribution in [0, 0.1) is 11.6 Å². The summed E-state index contributed by atoms with van der Waals surface area (Å²) in [5, 5.41) is 9.57. The van der Waals surface area contributed by atoms with Crippen LogP contribution in [0.15, 0.2) is 104 Å². The van der Waals surface area contributed by atoms with E-state index in [1.165, 1.54) is 12.2 Å². The molecular weight excluding hydrogens is 456 g/mol. The van der Waals surface area contributed by atoms with Gasteiger partial charge in [-0.05, 0) is 48.8 Å². The van der Waals surface area contributed by atoms with Crippen molar-refractivity contribution in [3.8, 4) is 0 Å². The Kier molecular flexibility index (Phi) is 12.0. The number of aliphatic hydroxyl groups is 1. The van der Waals surface area contributed by atoms with Gasteiger partial charge < -0.3 is 9.84 Å². The number of aliphatic hydroxyl groups excluding tert-OH is 1. The molecule has 0 heterocycles. The Hall–Kier alpha value is -3.38. The van der Waals surface area contributed by atoms with E-state index in [1.807, 2.05) is 0 Å². The molecule has 0 spiro atoms. The van der Waals surface area contributed by atoms with E-state index in [1.54, 1.807) is 18.2 Å². The number of aryl methyl sites for hydroxylation is 1. The van der Waals surface area contributed by atoms with Gasteiger partial charge in [0.15, 0.2) is 17.5 Å². The van der Waals surface area contributed by atoms with Crippen molar-refractivity contribution in [3.05, 3.63) is 127 Å². The zero-order valence-electron chi connectivity index (χ0n) is 20.1. The minimum absolute atomic E-state index is 0.111. The fraction of sp³-hybridized carbons (Fsp3) is 0.241. The van der Waals surface area contributed by atoms with Crippen LogP contribution in [0.3, 0.4) is 0 Å². The minimum atomic E-state index is -1.27. The number of benzene rings is 1. The van der Waals surface area contributed by atoms with Gasteiger partial charge in [-0.1, -0.05) is 62.2 Å². The van der Waals surface area contributed by atoms with E-state index in [0.717, 1.165) is 7.11 Å². The summed E-state index contributed by atoms with van der Waals surface area (Å²) in [7, 11) is 1.16. The van der Waals surface area contributed by atoms with Crippen molar-refractivity contribution in [3.63, 3.8) is 0 Å². The van der Waals surface area contributed by atoms with E-state index in [-0.39, 0.29) is 28.7 Å². The molecule has 1 aromatic rings. The predicted octanol–water partition coefficient (Wildman–Crippen LogP) is 8.16. The second-order valence-corrected chi connectivity index (χ2v) is 7.81. The summed E-state index contributed by atoms with van der Waals surface area (Å²) in [6.45, 7) is 20.2. The highest BCUT2D eigenvalue weighted by atomic mass is 19.2. The highest BCUT2D eigenvalue weighted by Crippen LogP contribution is 2.31. The van der Waals surface area contributed by atoms with Gasteiger partial charge in [0.1, 0.15) is 5.76 Å². The normalized spacial score (nSPS) is 15.9. The Morgan fingerprint density at radius 2 is 1.71 bits per heavy atom. The van der Waals surface area contributed by atoms with Crippen LogP contribution >= 0.6 is 0 Å². The summed E-state index contributed by atoms with van der Waals surface area (Å²) in [5.41, 5.74) is 1.52. The van der Waals surface area contributed by atoms with Gasteiger partial charge in [-0.3, -0.25) is 0 Å². The van der Waals surface area contributed by atoms with Gasteiger partial charge in [0.2, 0.25) is 5.83 Å². The van der Waals surface area contributed by atoms with Gasteiger partial charge in [0.25, 0.3) is 0 Å². The molecule has 1 aliphatic carbocycles.